The minimum Gasteiger partial charge on any atom is -0.355 e. The molecule has 1 N–H and O–H groups in total. The van der Waals surface area contributed by atoms with Gasteiger partial charge in [-0.25, -0.2) is 0 Å². The number of carbonyl (C=O) groups excluding carboxylic acids is 1. The molecular formula is C20H23N3O2S2. The molecule has 142 valence electrons. The van der Waals surface area contributed by atoms with Crippen molar-refractivity contribution in [2.24, 2.45) is 0 Å². The third kappa shape index (κ3) is 4.48. The summed E-state index contributed by atoms with van der Waals surface area (Å²) in [7, 11) is 0. The summed E-state index contributed by atoms with van der Waals surface area (Å²) in [6, 6.07) is 10.1. The van der Waals surface area contributed by atoms with Crippen LogP contribution in [-0.2, 0) is 0 Å². The lowest BCUT2D eigenvalue weighted by atomic mass is 10.2. The fourth-order valence-corrected chi connectivity index (χ4v) is 5.03. The van der Waals surface area contributed by atoms with Gasteiger partial charge >= 0.3 is 0 Å². The summed E-state index contributed by atoms with van der Waals surface area (Å²) in [5.74, 6) is 0.454. The third-order valence-electron chi connectivity index (χ3n) is 4.92. The van der Waals surface area contributed by atoms with E-state index in [9.17, 15) is 4.79 Å². The zero-order valence-electron chi connectivity index (χ0n) is 15.1. The van der Waals surface area contributed by atoms with Crippen molar-refractivity contribution in [3.05, 3.63) is 51.7 Å². The summed E-state index contributed by atoms with van der Waals surface area (Å²) in [5, 5.41) is 11.1. The number of nitrogens with one attached hydrogen (secondary N) is 1. The van der Waals surface area contributed by atoms with Crippen LogP contribution < -0.4 is 5.32 Å². The van der Waals surface area contributed by atoms with Crippen molar-refractivity contribution in [3.8, 4) is 10.6 Å². The number of rotatable bonds is 6. The number of aromatic nitrogens is 1. The summed E-state index contributed by atoms with van der Waals surface area (Å²) in [6.45, 7) is 2.76. The molecule has 0 unspecified atom stereocenters. The number of thiophene rings is 2. The van der Waals surface area contributed by atoms with Gasteiger partial charge in [0.15, 0.2) is 11.5 Å². The molecule has 0 saturated carbocycles. The maximum absolute atomic E-state index is 12.6. The first-order valence-corrected chi connectivity index (χ1v) is 11.1. The van der Waals surface area contributed by atoms with Crippen molar-refractivity contribution in [2.45, 2.75) is 31.7 Å². The van der Waals surface area contributed by atoms with Crippen molar-refractivity contribution in [1.29, 1.82) is 0 Å². The standard InChI is InChI=1S/C20H23N3O2S2/c24-20(15-13-17(25-22-15)19-8-6-12-27-19)21-14-16(18-7-5-11-26-18)23-9-3-1-2-4-10-23/h5-8,11-13,16H,1-4,9-10,14H2,(H,21,24)/t16-/m0/s1. The van der Waals surface area contributed by atoms with Gasteiger partial charge in [0.2, 0.25) is 0 Å². The number of nitrogens with zero attached hydrogens (tertiary/aromatic N) is 2. The van der Waals surface area contributed by atoms with E-state index in [2.05, 4.69) is 32.9 Å². The second-order valence-electron chi connectivity index (χ2n) is 6.75. The minimum absolute atomic E-state index is 0.182. The molecule has 1 saturated heterocycles. The zero-order chi connectivity index (χ0) is 18.5. The van der Waals surface area contributed by atoms with Crippen LogP contribution in [0.5, 0.6) is 0 Å². The van der Waals surface area contributed by atoms with E-state index in [4.69, 9.17) is 4.52 Å². The summed E-state index contributed by atoms with van der Waals surface area (Å²) < 4.78 is 5.33. The van der Waals surface area contributed by atoms with Crippen LogP contribution in [-0.4, -0.2) is 35.6 Å². The van der Waals surface area contributed by atoms with Gasteiger partial charge in [0.05, 0.1) is 10.9 Å². The van der Waals surface area contributed by atoms with Crippen LogP contribution in [0.1, 0.15) is 47.1 Å². The largest absolute Gasteiger partial charge is 0.355 e. The van der Waals surface area contributed by atoms with Crippen LogP contribution >= 0.6 is 22.7 Å². The Morgan fingerprint density at radius 3 is 2.63 bits per heavy atom. The maximum Gasteiger partial charge on any atom is 0.273 e. The molecule has 0 spiro atoms. The van der Waals surface area contributed by atoms with Crippen LogP contribution in [0.2, 0.25) is 0 Å². The van der Waals surface area contributed by atoms with Gasteiger partial charge in [0.1, 0.15) is 0 Å². The van der Waals surface area contributed by atoms with Crippen molar-refractivity contribution < 1.29 is 9.32 Å². The van der Waals surface area contributed by atoms with Crippen LogP contribution in [0, 0.1) is 0 Å². The topological polar surface area (TPSA) is 58.4 Å². The van der Waals surface area contributed by atoms with E-state index in [-0.39, 0.29) is 11.9 Å². The molecule has 0 bridgehead atoms. The Labute approximate surface area is 167 Å². The summed E-state index contributed by atoms with van der Waals surface area (Å²) in [4.78, 5) is 17.4. The van der Waals surface area contributed by atoms with Gasteiger partial charge < -0.3 is 9.84 Å². The molecule has 4 rings (SSSR count). The van der Waals surface area contributed by atoms with Crippen LogP contribution in [0.3, 0.4) is 0 Å². The van der Waals surface area contributed by atoms with Gasteiger partial charge in [0, 0.05) is 17.5 Å². The lowest BCUT2D eigenvalue weighted by Gasteiger charge is -2.30. The SMILES string of the molecule is O=C(NC[C@@H](c1cccs1)N1CCCCCC1)c1cc(-c2cccs2)on1. The summed E-state index contributed by atoms with van der Waals surface area (Å²) in [5.41, 5.74) is 0.333. The first kappa shape index (κ1) is 18.4. The van der Waals surface area contributed by atoms with E-state index in [1.165, 1.54) is 30.6 Å². The van der Waals surface area contributed by atoms with E-state index in [0.717, 1.165) is 18.0 Å². The quantitative estimate of drug-likeness (QED) is 0.644. The molecule has 1 aliphatic heterocycles. The molecule has 4 heterocycles. The van der Waals surface area contributed by atoms with E-state index in [1.807, 2.05) is 17.5 Å². The third-order valence-corrected chi connectivity index (χ3v) is 6.77. The molecule has 3 aromatic heterocycles. The van der Waals surface area contributed by atoms with Crippen LogP contribution in [0.25, 0.3) is 10.6 Å². The molecule has 27 heavy (non-hydrogen) atoms. The number of likely N-dealkylation sites (tertiary alicyclic amines) is 1. The molecule has 1 amide bonds. The highest BCUT2D eigenvalue weighted by molar-refractivity contribution is 7.13. The molecule has 0 aromatic carbocycles. The Morgan fingerprint density at radius 2 is 1.93 bits per heavy atom. The molecule has 0 radical (unpaired) electrons. The highest BCUT2D eigenvalue weighted by Crippen LogP contribution is 2.28. The fraction of sp³-hybridized carbons (Fsp3) is 0.400. The smallest absolute Gasteiger partial charge is 0.273 e. The molecule has 1 aliphatic rings. The van der Waals surface area contributed by atoms with Gasteiger partial charge in [-0.2, -0.15) is 0 Å². The van der Waals surface area contributed by atoms with Gasteiger partial charge in [-0.15, -0.1) is 22.7 Å². The molecule has 7 heteroatoms. The fourth-order valence-electron chi connectivity index (χ4n) is 3.49. The number of hydrogen-bond donors (Lipinski definition) is 1. The normalized spacial score (nSPS) is 16.7. The number of amides is 1. The molecule has 1 atom stereocenters. The predicted molar refractivity (Wildman–Crippen MR) is 109 cm³/mol. The van der Waals surface area contributed by atoms with E-state index in [0.29, 0.717) is 18.0 Å². The summed E-state index contributed by atoms with van der Waals surface area (Å²) in [6.07, 6.45) is 5.04. The number of carbonyl (C=O) groups is 1. The minimum atomic E-state index is -0.182. The van der Waals surface area contributed by atoms with Crippen molar-refractivity contribution in [1.82, 2.24) is 15.4 Å². The Kier molecular flexibility index (Phi) is 6.01. The molecular weight excluding hydrogens is 378 g/mol. The molecule has 1 fully saturated rings. The van der Waals surface area contributed by atoms with Gasteiger partial charge in [-0.05, 0) is 48.8 Å². The van der Waals surface area contributed by atoms with Crippen molar-refractivity contribution in [2.75, 3.05) is 19.6 Å². The van der Waals surface area contributed by atoms with Gasteiger partial charge in [-0.1, -0.05) is 30.1 Å². The lowest BCUT2D eigenvalue weighted by Crippen LogP contribution is -2.38. The van der Waals surface area contributed by atoms with Gasteiger partial charge in [0.25, 0.3) is 5.91 Å². The highest BCUT2D eigenvalue weighted by Gasteiger charge is 2.24. The number of hydrogen-bond acceptors (Lipinski definition) is 6. The van der Waals surface area contributed by atoms with E-state index in [1.54, 1.807) is 28.7 Å². The van der Waals surface area contributed by atoms with Crippen LogP contribution in [0.4, 0.5) is 0 Å². The van der Waals surface area contributed by atoms with Crippen LogP contribution in [0.15, 0.2) is 45.6 Å². The summed E-state index contributed by atoms with van der Waals surface area (Å²) >= 11 is 3.32. The monoisotopic (exact) mass is 401 g/mol. The van der Waals surface area contributed by atoms with Crippen molar-refractivity contribution >= 4 is 28.6 Å². The Bertz CT molecular complexity index is 835. The average molecular weight is 402 g/mol. The second kappa shape index (κ2) is 8.82. The lowest BCUT2D eigenvalue weighted by molar-refractivity contribution is 0.0925. The Morgan fingerprint density at radius 1 is 1.15 bits per heavy atom. The zero-order valence-corrected chi connectivity index (χ0v) is 16.7. The molecule has 5 nitrogen and oxygen atoms in total. The van der Waals surface area contributed by atoms with E-state index >= 15 is 0 Å². The Hall–Kier alpha value is -1.96. The van der Waals surface area contributed by atoms with Crippen molar-refractivity contribution in [3.63, 3.8) is 0 Å². The first-order chi connectivity index (χ1) is 13.3. The first-order valence-electron chi connectivity index (χ1n) is 9.37. The maximum atomic E-state index is 12.6. The predicted octanol–water partition coefficient (Wildman–Crippen LogP) is 4.81. The average Bonchev–Trinajstić information content (AvgIpc) is 3.42. The highest BCUT2D eigenvalue weighted by atomic mass is 32.1. The molecule has 0 aliphatic carbocycles. The molecule has 3 aromatic rings. The second-order valence-corrected chi connectivity index (χ2v) is 8.67. The van der Waals surface area contributed by atoms with E-state index < -0.39 is 0 Å². The van der Waals surface area contributed by atoms with Gasteiger partial charge in [-0.3, -0.25) is 9.69 Å². The Balaban J connectivity index is 1.43.